The topological polar surface area (TPSA) is 67.7 Å². The number of ketones is 1. The van der Waals surface area contributed by atoms with E-state index >= 15 is 0 Å². The van der Waals surface area contributed by atoms with E-state index in [1.165, 1.54) is 10.6 Å². The number of alkyl halides is 3. The van der Waals surface area contributed by atoms with Crippen molar-refractivity contribution in [3.8, 4) is 0 Å². The Morgan fingerprint density at radius 2 is 2.07 bits per heavy atom. The van der Waals surface area contributed by atoms with Crippen LogP contribution in [0.2, 0.25) is 0 Å². The first kappa shape index (κ1) is 20.6. The molecule has 0 N–H and O–H groups in total. The van der Waals surface area contributed by atoms with Crippen LogP contribution < -0.4 is 15.4 Å². The van der Waals surface area contributed by atoms with Crippen LogP contribution in [0.15, 0.2) is 10.9 Å². The lowest BCUT2D eigenvalue weighted by Gasteiger charge is -2.40. The summed E-state index contributed by atoms with van der Waals surface area (Å²) in [6.45, 7) is 6.04. The maximum atomic E-state index is 13.7. The Hall–Kier alpha value is -2.10. The van der Waals surface area contributed by atoms with Gasteiger partial charge in [0.25, 0.3) is 5.56 Å². The van der Waals surface area contributed by atoms with E-state index in [1.54, 1.807) is 13.8 Å². The fourth-order valence-electron chi connectivity index (χ4n) is 3.54. The minimum atomic E-state index is -4.53. The van der Waals surface area contributed by atoms with Crippen LogP contribution in [0, 0.1) is 5.92 Å². The van der Waals surface area contributed by atoms with E-state index in [4.69, 9.17) is 4.74 Å². The van der Waals surface area contributed by atoms with Gasteiger partial charge < -0.3 is 14.5 Å². The summed E-state index contributed by atoms with van der Waals surface area (Å²) in [7, 11) is 0. The van der Waals surface area contributed by atoms with Gasteiger partial charge in [0, 0.05) is 25.1 Å². The van der Waals surface area contributed by atoms with Crippen molar-refractivity contribution < 1.29 is 22.7 Å². The molecule has 3 heterocycles. The van der Waals surface area contributed by atoms with E-state index in [2.05, 4.69) is 4.98 Å². The molecular formula is C18H25F3N4O3. The van der Waals surface area contributed by atoms with Gasteiger partial charge in [-0.05, 0) is 13.3 Å². The average Bonchev–Trinajstić information content (AvgIpc) is 2.61. The van der Waals surface area contributed by atoms with Crippen molar-refractivity contribution >= 4 is 17.5 Å². The number of hydrogen-bond donors (Lipinski definition) is 0. The first-order valence-electron chi connectivity index (χ1n) is 9.42. The maximum absolute atomic E-state index is 13.7. The van der Waals surface area contributed by atoms with Crippen molar-refractivity contribution in [3.63, 3.8) is 0 Å². The highest BCUT2D eigenvalue weighted by Crippen LogP contribution is 2.34. The molecule has 0 unspecified atom stereocenters. The monoisotopic (exact) mass is 402 g/mol. The number of ether oxygens (including phenoxy) is 1. The van der Waals surface area contributed by atoms with Crippen LogP contribution in [-0.4, -0.2) is 59.9 Å². The zero-order valence-corrected chi connectivity index (χ0v) is 16.2. The molecule has 1 fully saturated rings. The van der Waals surface area contributed by atoms with Crippen molar-refractivity contribution in [1.29, 1.82) is 0 Å². The number of hydrogen-bond acceptors (Lipinski definition) is 6. The number of morpholine rings is 1. The molecule has 156 valence electrons. The van der Waals surface area contributed by atoms with Crippen LogP contribution in [0.3, 0.4) is 0 Å². The zero-order chi connectivity index (χ0) is 20.6. The third kappa shape index (κ3) is 4.01. The molecule has 0 radical (unpaired) electrons. The molecule has 2 aliphatic heterocycles. The molecule has 2 aliphatic rings. The standard InChI is InChI=1S/C18H25F3N4O3/c1-11(2)13(26)9-25-14(18(19,20)21)4-5-24-16(27)8-15(22-17(24)25)23-6-7-28-10-12(23)3/h8,11-12,14H,4-7,9-10H2,1-3H3/t12-,14+/m1/s1. The van der Waals surface area contributed by atoms with E-state index in [-0.39, 0.29) is 30.7 Å². The number of aromatic nitrogens is 2. The van der Waals surface area contributed by atoms with Gasteiger partial charge in [0.15, 0.2) is 5.78 Å². The molecule has 28 heavy (non-hydrogen) atoms. The van der Waals surface area contributed by atoms with Crippen LogP contribution >= 0.6 is 0 Å². The molecule has 0 aromatic carbocycles. The second-order valence-corrected chi connectivity index (χ2v) is 7.62. The Bertz CT molecular complexity index is 793. The fourth-order valence-corrected chi connectivity index (χ4v) is 3.54. The highest BCUT2D eigenvalue weighted by molar-refractivity contribution is 5.85. The van der Waals surface area contributed by atoms with Gasteiger partial charge in [-0.25, -0.2) is 0 Å². The summed E-state index contributed by atoms with van der Waals surface area (Å²) < 4.78 is 47.6. The SMILES string of the molecule is CC(C)C(=O)CN1c2nc(N3CCOC[C@H]3C)cc(=O)n2CC[C@H]1C(F)(F)F. The summed E-state index contributed by atoms with van der Waals surface area (Å²) >= 11 is 0. The first-order valence-corrected chi connectivity index (χ1v) is 9.42. The van der Waals surface area contributed by atoms with Gasteiger partial charge in [0.1, 0.15) is 11.9 Å². The summed E-state index contributed by atoms with van der Waals surface area (Å²) in [5.74, 6) is -0.527. The quantitative estimate of drug-likeness (QED) is 0.766. The minimum Gasteiger partial charge on any atom is -0.377 e. The number of Topliss-reactive ketones (excluding diaryl/α,β-unsaturated/α-hetero) is 1. The van der Waals surface area contributed by atoms with Gasteiger partial charge in [-0.1, -0.05) is 13.8 Å². The normalized spacial score (nSPS) is 23.1. The van der Waals surface area contributed by atoms with E-state index in [1.807, 2.05) is 11.8 Å². The summed E-state index contributed by atoms with van der Waals surface area (Å²) in [5, 5.41) is 0. The molecule has 0 amide bonds. The number of fused-ring (bicyclic) bond motifs is 1. The van der Waals surface area contributed by atoms with Crippen LogP contribution in [0.25, 0.3) is 0 Å². The van der Waals surface area contributed by atoms with Gasteiger partial charge in [-0.3, -0.25) is 14.2 Å². The van der Waals surface area contributed by atoms with E-state index in [0.717, 1.165) is 4.90 Å². The number of nitrogens with zero attached hydrogens (tertiary/aromatic N) is 4. The van der Waals surface area contributed by atoms with E-state index in [9.17, 15) is 22.8 Å². The average molecular weight is 402 g/mol. The van der Waals surface area contributed by atoms with Crippen LogP contribution in [-0.2, 0) is 16.1 Å². The number of anilines is 2. The van der Waals surface area contributed by atoms with Crippen molar-refractivity contribution in [2.45, 2.75) is 52.0 Å². The Kier molecular flexibility index (Phi) is 5.69. The Morgan fingerprint density at radius 3 is 2.68 bits per heavy atom. The third-order valence-electron chi connectivity index (χ3n) is 5.24. The van der Waals surface area contributed by atoms with E-state index < -0.39 is 30.2 Å². The number of carbonyl (C=O) groups is 1. The van der Waals surface area contributed by atoms with Crippen molar-refractivity contribution in [1.82, 2.24) is 9.55 Å². The number of rotatable bonds is 4. The molecule has 3 rings (SSSR count). The Morgan fingerprint density at radius 1 is 1.36 bits per heavy atom. The molecule has 1 saturated heterocycles. The summed E-state index contributed by atoms with van der Waals surface area (Å²) in [4.78, 5) is 32.1. The van der Waals surface area contributed by atoms with Crippen molar-refractivity contribution in [2.24, 2.45) is 5.92 Å². The molecule has 1 aromatic rings. The van der Waals surface area contributed by atoms with Gasteiger partial charge in [-0.15, -0.1) is 0 Å². The van der Waals surface area contributed by atoms with Crippen LogP contribution in [0.1, 0.15) is 27.2 Å². The van der Waals surface area contributed by atoms with Gasteiger partial charge in [0.2, 0.25) is 5.95 Å². The lowest BCUT2D eigenvalue weighted by molar-refractivity contribution is -0.153. The second kappa shape index (κ2) is 7.73. The highest BCUT2D eigenvalue weighted by atomic mass is 19.4. The molecule has 0 aliphatic carbocycles. The van der Waals surface area contributed by atoms with Gasteiger partial charge in [-0.2, -0.15) is 18.2 Å². The van der Waals surface area contributed by atoms with E-state index in [0.29, 0.717) is 25.6 Å². The zero-order valence-electron chi connectivity index (χ0n) is 16.2. The summed E-state index contributed by atoms with van der Waals surface area (Å²) in [6.07, 6.45) is -4.82. The predicted octanol–water partition coefficient (Wildman–Crippen LogP) is 1.83. The molecular weight excluding hydrogens is 377 g/mol. The molecule has 10 heteroatoms. The Labute approximate surface area is 161 Å². The maximum Gasteiger partial charge on any atom is 0.408 e. The molecule has 7 nitrogen and oxygen atoms in total. The lowest BCUT2D eigenvalue weighted by atomic mass is 10.1. The lowest BCUT2D eigenvalue weighted by Crippen LogP contribution is -2.54. The molecule has 2 atom stereocenters. The number of carbonyl (C=O) groups excluding carboxylic acids is 1. The first-order chi connectivity index (χ1) is 13.1. The van der Waals surface area contributed by atoms with Crippen LogP contribution in [0.4, 0.5) is 24.9 Å². The highest BCUT2D eigenvalue weighted by Gasteiger charge is 2.47. The second-order valence-electron chi connectivity index (χ2n) is 7.62. The minimum absolute atomic E-state index is 0.0588. The van der Waals surface area contributed by atoms with Crippen LogP contribution in [0.5, 0.6) is 0 Å². The van der Waals surface area contributed by atoms with Crippen molar-refractivity contribution in [2.75, 3.05) is 36.1 Å². The van der Waals surface area contributed by atoms with Crippen molar-refractivity contribution in [3.05, 3.63) is 16.4 Å². The smallest absolute Gasteiger partial charge is 0.377 e. The largest absolute Gasteiger partial charge is 0.408 e. The molecule has 0 saturated carbocycles. The fraction of sp³-hybridized carbons (Fsp3) is 0.722. The summed E-state index contributed by atoms with van der Waals surface area (Å²) in [5.41, 5.74) is -0.415. The predicted molar refractivity (Wildman–Crippen MR) is 97.8 cm³/mol. The number of halogens is 3. The molecule has 0 spiro atoms. The van der Waals surface area contributed by atoms with Gasteiger partial charge >= 0.3 is 6.18 Å². The summed E-state index contributed by atoms with van der Waals surface area (Å²) in [6, 6.07) is -0.558. The molecule has 1 aromatic heterocycles. The Balaban J connectivity index is 2.06. The van der Waals surface area contributed by atoms with Gasteiger partial charge in [0.05, 0.1) is 25.8 Å². The molecule has 0 bridgehead atoms. The third-order valence-corrected chi connectivity index (χ3v) is 5.24.